The number of nitrogens with zero attached hydrogens (tertiary/aromatic N) is 3. The van der Waals surface area contributed by atoms with Crippen molar-refractivity contribution in [3.63, 3.8) is 0 Å². The van der Waals surface area contributed by atoms with E-state index in [9.17, 15) is 18.0 Å². The van der Waals surface area contributed by atoms with E-state index < -0.39 is 12.7 Å². The molecule has 0 radical (unpaired) electrons. The van der Waals surface area contributed by atoms with Crippen LogP contribution >= 0.6 is 0 Å². The van der Waals surface area contributed by atoms with Crippen molar-refractivity contribution in [3.05, 3.63) is 35.9 Å². The van der Waals surface area contributed by atoms with Gasteiger partial charge in [-0.25, -0.2) is 0 Å². The summed E-state index contributed by atoms with van der Waals surface area (Å²) >= 11 is 0. The maximum atomic E-state index is 12.4. The molecule has 1 heterocycles. The van der Waals surface area contributed by atoms with Gasteiger partial charge in [-0.15, -0.1) is 0 Å². The summed E-state index contributed by atoms with van der Waals surface area (Å²) in [6.45, 7) is 4.57. The molecule has 1 saturated heterocycles. The molecule has 1 aromatic rings. The van der Waals surface area contributed by atoms with Gasteiger partial charge in [-0.05, 0) is 38.9 Å². The van der Waals surface area contributed by atoms with Crippen molar-refractivity contribution in [2.75, 3.05) is 52.9 Å². The maximum Gasteiger partial charge on any atom is 0.401 e. The van der Waals surface area contributed by atoms with Gasteiger partial charge in [0.05, 0.1) is 6.54 Å². The molecule has 1 unspecified atom stereocenters. The van der Waals surface area contributed by atoms with E-state index in [1.165, 1.54) is 17.5 Å². The number of carbonyl (C=O) groups excluding carboxylic acids is 1. The summed E-state index contributed by atoms with van der Waals surface area (Å²) in [7, 11) is 1.47. The molecule has 1 fully saturated rings. The van der Waals surface area contributed by atoms with Crippen molar-refractivity contribution < 1.29 is 18.0 Å². The van der Waals surface area contributed by atoms with Crippen LogP contribution in [0.3, 0.4) is 0 Å². The molecule has 0 bridgehead atoms. The summed E-state index contributed by atoms with van der Waals surface area (Å²) < 4.78 is 37.1. The molecule has 6 nitrogen and oxygen atoms in total. The Labute approximate surface area is 182 Å². The first-order chi connectivity index (χ1) is 14.8. The lowest BCUT2D eigenvalue weighted by molar-refractivity contribution is -0.143. The molecular weight excluding hydrogens is 407 g/mol. The van der Waals surface area contributed by atoms with Crippen molar-refractivity contribution in [2.24, 2.45) is 10.9 Å². The fourth-order valence-corrected chi connectivity index (χ4v) is 3.60. The van der Waals surface area contributed by atoms with Gasteiger partial charge in [-0.3, -0.25) is 14.7 Å². The molecule has 1 aliphatic rings. The quantitative estimate of drug-likeness (QED) is 0.315. The van der Waals surface area contributed by atoms with Crippen LogP contribution < -0.4 is 10.6 Å². The maximum absolute atomic E-state index is 12.4. The molecule has 1 atom stereocenters. The highest BCUT2D eigenvalue weighted by Gasteiger charge is 2.29. The summed E-state index contributed by atoms with van der Waals surface area (Å²) in [6, 6.07) is 10.1. The molecule has 0 aliphatic carbocycles. The van der Waals surface area contributed by atoms with Crippen LogP contribution in [0.15, 0.2) is 35.3 Å². The smallest absolute Gasteiger partial charge is 0.357 e. The van der Waals surface area contributed by atoms with E-state index in [0.717, 1.165) is 6.42 Å². The highest BCUT2D eigenvalue weighted by atomic mass is 19.4. The third-order valence-corrected chi connectivity index (χ3v) is 5.12. The first-order valence-electron chi connectivity index (χ1n) is 10.9. The van der Waals surface area contributed by atoms with Crippen LogP contribution in [0, 0.1) is 5.92 Å². The van der Waals surface area contributed by atoms with E-state index in [1.54, 1.807) is 0 Å². The number of amides is 1. The molecule has 0 saturated carbocycles. The zero-order valence-corrected chi connectivity index (χ0v) is 18.4. The summed E-state index contributed by atoms with van der Waals surface area (Å²) in [6.07, 6.45) is -2.26. The molecule has 1 aromatic carbocycles. The Bertz CT molecular complexity index is 696. The van der Waals surface area contributed by atoms with Gasteiger partial charge >= 0.3 is 6.18 Å². The second-order valence-corrected chi connectivity index (χ2v) is 8.00. The van der Waals surface area contributed by atoms with Crippen molar-refractivity contribution >= 4 is 11.9 Å². The van der Waals surface area contributed by atoms with Crippen LogP contribution in [0.4, 0.5) is 13.2 Å². The Morgan fingerprint density at radius 1 is 1.26 bits per heavy atom. The Morgan fingerprint density at radius 2 is 2.00 bits per heavy atom. The second-order valence-electron chi connectivity index (χ2n) is 8.00. The van der Waals surface area contributed by atoms with Crippen molar-refractivity contribution in [3.8, 4) is 0 Å². The molecule has 174 valence electrons. The highest BCUT2D eigenvalue weighted by molar-refractivity contribution is 5.80. The summed E-state index contributed by atoms with van der Waals surface area (Å²) in [5.74, 6) is 0.981. The Kier molecular flexibility index (Phi) is 10.1. The summed E-state index contributed by atoms with van der Waals surface area (Å²) in [5, 5.41) is 6.31. The molecular formula is C22H34F3N5O. The minimum Gasteiger partial charge on any atom is -0.357 e. The highest BCUT2D eigenvalue weighted by Crippen LogP contribution is 2.19. The van der Waals surface area contributed by atoms with Crippen LogP contribution in [0.1, 0.15) is 25.3 Å². The third-order valence-electron chi connectivity index (χ3n) is 5.12. The minimum atomic E-state index is -4.17. The molecule has 31 heavy (non-hydrogen) atoms. The predicted molar refractivity (Wildman–Crippen MR) is 117 cm³/mol. The van der Waals surface area contributed by atoms with Crippen LogP contribution in [-0.4, -0.2) is 80.7 Å². The van der Waals surface area contributed by atoms with Crippen LogP contribution in [0.2, 0.25) is 0 Å². The standard InChI is InChI=1S/C22H34F3N5O/c1-3-26-21(27-11-7-12-29(2)17-22(23,24)25)28-15-19-14-20(31)30(16-19)13-10-18-8-5-4-6-9-18/h4-6,8-9,19H,3,7,10-17H2,1-2H3,(H2,26,27,28). The largest absolute Gasteiger partial charge is 0.401 e. The molecule has 9 heteroatoms. The Balaban J connectivity index is 1.72. The normalized spacial score (nSPS) is 17.5. The van der Waals surface area contributed by atoms with E-state index in [1.807, 2.05) is 30.0 Å². The van der Waals surface area contributed by atoms with Gasteiger partial charge in [-0.1, -0.05) is 30.3 Å². The van der Waals surface area contributed by atoms with Gasteiger partial charge in [-0.2, -0.15) is 13.2 Å². The number of alkyl halides is 3. The monoisotopic (exact) mass is 441 g/mol. The molecule has 1 aliphatic heterocycles. The fourth-order valence-electron chi connectivity index (χ4n) is 3.60. The van der Waals surface area contributed by atoms with Gasteiger partial charge in [0, 0.05) is 45.1 Å². The minimum absolute atomic E-state index is 0.168. The first kappa shape index (κ1) is 25.0. The predicted octanol–water partition coefficient (Wildman–Crippen LogP) is 2.52. The topological polar surface area (TPSA) is 60.0 Å². The number of hydrogen-bond donors (Lipinski definition) is 2. The number of hydrogen-bond acceptors (Lipinski definition) is 3. The lowest BCUT2D eigenvalue weighted by Crippen LogP contribution is -2.39. The van der Waals surface area contributed by atoms with Crippen LogP contribution in [0.25, 0.3) is 0 Å². The number of likely N-dealkylation sites (tertiary alicyclic amines) is 1. The van der Waals surface area contributed by atoms with Gasteiger partial charge in [0.1, 0.15) is 0 Å². The number of halogens is 3. The Morgan fingerprint density at radius 3 is 2.68 bits per heavy atom. The van der Waals surface area contributed by atoms with E-state index in [0.29, 0.717) is 58.1 Å². The second kappa shape index (κ2) is 12.5. The zero-order chi connectivity index (χ0) is 22.7. The van der Waals surface area contributed by atoms with E-state index in [2.05, 4.69) is 27.8 Å². The molecule has 1 amide bonds. The zero-order valence-electron chi connectivity index (χ0n) is 18.4. The lowest BCUT2D eigenvalue weighted by Gasteiger charge is -2.19. The van der Waals surface area contributed by atoms with Gasteiger partial charge in [0.15, 0.2) is 5.96 Å². The Hall–Kier alpha value is -2.29. The SMILES string of the molecule is CCNC(=NCC1CC(=O)N(CCc2ccccc2)C1)NCCCN(C)CC(F)(F)F. The van der Waals surface area contributed by atoms with Crippen molar-refractivity contribution in [1.82, 2.24) is 20.4 Å². The van der Waals surface area contributed by atoms with Crippen molar-refractivity contribution in [2.45, 2.75) is 32.4 Å². The first-order valence-corrected chi connectivity index (χ1v) is 10.9. The average Bonchev–Trinajstić information content (AvgIpc) is 3.06. The molecule has 2 rings (SSSR count). The summed E-state index contributed by atoms with van der Waals surface area (Å²) in [5.41, 5.74) is 1.22. The number of rotatable bonds is 11. The van der Waals surface area contributed by atoms with Crippen molar-refractivity contribution in [1.29, 1.82) is 0 Å². The van der Waals surface area contributed by atoms with E-state index in [-0.39, 0.29) is 11.8 Å². The number of aliphatic imine (C=N–C) groups is 1. The van der Waals surface area contributed by atoms with Crippen LogP contribution in [0.5, 0.6) is 0 Å². The molecule has 0 spiro atoms. The molecule has 0 aromatic heterocycles. The van der Waals surface area contributed by atoms with Gasteiger partial charge in [0.25, 0.3) is 0 Å². The summed E-state index contributed by atoms with van der Waals surface area (Å²) in [4.78, 5) is 20.1. The third kappa shape index (κ3) is 10.0. The lowest BCUT2D eigenvalue weighted by atomic mass is 10.1. The fraction of sp³-hybridized carbons (Fsp3) is 0.636. The number of benzene rings is 1. The van der Waals surface area contributed by atoms with E-state index >= 15 is 0 Å². The number of carbonyl (C=O) groups is 1. The van der Waals surface area contributed by atoms with E-state index in [4.69, 9.17) is 0 Å². The van der Waals surface area contributed by atoms with Crippen LogP contribution in [-0.2, 0) is 11.2 Å². The number of guanidine groups is 1. The van der Waals surface area contributed by atoms with Gasteiger partial charge in [0.2, 0.25) is 5.91 Å². The number of nitrogens with one attached hydrogen (secondary N) is 2. The average molecular weight is 442 g/mol. The van der Waals surface area contributed by atoms with Gasteiger partial charge < -0.3 is 15.5 Å². The molecule has 2 N–H and O–H groups in total.